The van der Waals surface area contributed by atoms with Crippen molar-refractivity contribution in [1.29, 1.82) is 0 Å². The predicted octanol–water partition coefficient (Wildman–Crippen LogP) is 0.951. The summed E-state index contributed by atoms with van der Waals surface area (Å²) in [7, 11) is -3.26. The number of fused-ring (bicyclic) bond motifs is 1. The molecule has 2 aromatic rings. The molecule has 1 atom stereocenters. The molecule has 1 saturated heterocycles. The first-order valence-electron chi connectivity index (χ1n) is 8.79. The Morgan fingerprint density at radius 3 is 2.59 bits per heavy atom. The number of H-pyrrole nitrogens is 1. The molecule has 0 spiro atoms. The number of benzene rings is 1. The number of piperidine rings is 1. The second-order valence-corrected chi connectivity index (χ2v) is 8.88. The molecular weight excluding hydrogens is 370 g/mol. The Balaban J connectivity index is 1.65. The third-order valence-electron chi connectivity index (χ3n) is 5.01. The summed E-state index contributed by atoms with van der Waals surface area (Å²) in [6.45, 7) is 0.550. The third kappa shape index (κ3) is 4.48. The van der Waals surface area contributed by atoms with Crippen molar-refractivity contribution in [1.82, 2.24) is 14.6 Å². The number of aromatic amines is 1. The Hall–Kier alpha value is -2.39. The SMILES string of the molecule is CS(=O)(=O)N1CCC(C(=O)NC(Cc2c[nH]c3ccccc23)C(=O)O)CC1. The molecule has 3 rings (SSSR count). The monoisotopic (exact) mass is 393 g/mol. The lowest BCUT2D eigenvalue weighted by molar-refractivity contribution is -0.142. The molecule has 1 amide bonds. The van der Waals surface area contributed by atoms with E-state index in [4.69, 9.17) is 0 Å². The van der Waals surface area contributed by atoms with Gasteiger partial charge >= 0.3 is 5.97 Å². The molecule has 0 saturated carbocycles. The zero-order valence-electron chi connectivity index (χ0n) is 15.0. The highest BCUT2D eigenvalue weighted by Crippen LogP contribution is 2.21. The summed E-state index contributed by atoms with van der Waals surface area (Å²) in [6, 6.07) is 6.54. The molecule has 1 fully saturated rings. The molecule has 1 unspecified atom stereocenters. The van der Waals surface area contributed by atoms with Crippen molar-refractivity contribution in [3.05, 3.63) is 36.0 Å². The average molecular weight is 393 g/mol. The predicted molar refractivity (Wildman–Crippen MR) is 101 cm³/mol. The van der Waals surface area contributed by atoms with E-state index in [0.29, 0.717) is 12.8 Å². The van der Waals surface area contributed by atoms with Crippen LogP contribution in [-0.2, 0) is 26.0 Å². The summed E-state index contributed by atoms with van der Waals surface area (Å²) in [5.41, 5.74) is 1.74. The second-order valence-electron chi connectivity index (χ2n) is 6.90. The fraction of sp³-hybridized carbons (Fsp3) is 0.444. The molecule has 3 N–H and O–H groups in total. The van der Waals surface area contributed by atoms with Gasteiger partial charge in [-0.2, -0.15) is 0 Å². The standard InChI is InChI=1S/C18H23N3O5S/c1-27(25,26)21-8-6-12(7-9-21)17(22)20-16(18(23)24)10-13-11-19-15-5-3-2-4-14(13)15/h2-5,11-12,16,19H,6-10H2,1H3,(H,20,22)(H,23,24). The Morgan fingerprint density at radius 1 is 1.30 bits per heavy atom. The van der Waals surface area contributed by atoms with Crippen LogP contribution in [0.25, 0.3) is 10.9 Å². The van der Waals surface area contributed by atoms with E-state index in [1.165, 1.54) is 4.31 Å². The lowest BCUT2D eigenvalue weighted by Gasteiger charge is -2.30. The average Bonchev–Trinajstić information content (AvgIpc) is 3.03. The number of carboxylic acids is 1. The molecule has 0 radical (unpaired) electrons. The van der Waals surface area contributed by atoms with Crippen LogP contribution in [0.1, 0.15) is 18.4 Å². The Labute approximate surface area is 157 Å². The number of para-hydroxylation sites is 1. The fourth-order valence-corrected chi connectivity index (χ4v) is 4.33. The highest BCUT2D eigenvalue weighted by molar-refractivity contribution is 7.88. The van der Waals surface area contributed by atoms with E-state index in [-0.39, 0.29) is 31.3 Å². The van der Waals surface area contributed by atoms with Crippen LogP contribution >= 0.6 is 0 Å². The lowest BCUT2D eigenvalue weighted by Crippen LogP contribution is -2.48. The number of carboxylic acid groups (broad SMARTS) is 1. The van der Waals surface area contributed by atoms with Gasteiger partial charge in [0.15, 0.2) is 0 Å². The maximum absolute atomic E-state index is 12.5. The van der Waals surface area contributed by atoms with Crippen LogP contribution in [0.3, 0.4) is 0 Å². The number of nitrogens with one attached hydrogen (secondary N) is 2. The minimum absolute atomic E-state index is 0.174. The molecule has 8 nitrogen and oxygen atoms in total. The van der Waals surface area contributed by atoms with Crippen LogP contribution in [0, 0.1) is 5.92 Å². The molecule has 1 aliphatic heterocycles. The summed E-state index contributed by atoms with van der Waals surface area (Å²) in [5.74, 6) is -1.81. The highest BCUT2D eigenvalue weighted by Gasteiger charge is 2.31. The number of aromatic nitrogens is 1. The van der Waals surface area contributed by atoms with Gasteiger partial charge in [0.05, 0.1) is 6.26 Å². The summed E-state index contributed by atoms with van der Waals surface area (Å²) >= 11 is 0. The Kier molecular flexibility index (Phi) is 5.52. The summed E-state index contributed by atoms with van der Waals surface area (Å²) in [6.07, 6.45) is 3.86. The molecule has 0 bridgehead atoms. The highest BCUT2D eigenvalue weighted by atomic mass is 32.2. The van der Waals surface area contributed by atoms with Crippen LogP contribution in [0.4, 0.5) is 0 Å². The molecular formula is C18H23N3O5S. The smallest absolute Gasteiger partial charge is 0.326 e. The van der Waals surface area contributed by atoms with E-state index in [2.05, 4.69) is 10.3 Å². The number of carbonyl (C=O) groups excluding carboxylic acids is 1. The molecule has 1 aromatic carbocycles. The molecule has 1 aromatic heterocycles. The van der Waals surface area contributed by atoms with Crippen LogP contribution in [0.5, 0.6) is 0 Å². The number of sulfonamides is 1. The van der Waals surface area contributed by atoms with Gasteiger partial charge < -0.3 is 15.4 Å². The number of amides is 1. The summed E-state index contributed by atoms with van der Waals surface area (Å²) in [5, 5.41) is 13.1. The van der Waals surface area contributed by atoms with Gasteiger partial charge in [-0.05, 0) is 24.5 Å². The van der Waals surface area contributed by atoms with Gasteiger partial charge in [-0.15, -0.1) is 0 Å². The Bertz CT molecular complexity index is 945. The summed E-state index contributed by atoms with van der Waals surface area (Å²) < 4.78 is 24.5. The first-order valence-corrected chi connectivity index (χ1v) is 10.6. The van der Waals surface area contributed by atoms with Crippen molar-refractivity contribution in [3.8, 4) is 0 Å². The van der Waals surface area contributed by atoms with Gasteiger partial charge in [0.2, 0.25) is 15.9 Å². The van der Waals surface area contributed by atoms with Crippen molar-refractivity contribution in [2.24, 2.45) is 5.92 Å². The van der Waals surface area contributed by atoms with Gasteiger partial charge in [0, 0.05) is 42.5 Å². The molecule has 27 heavy (non-hydrogen) atoms. The lowest BCUT2D eigenvalue weighted by atomic mass is 9.96. The quantitative estimate of drug-likeness (QED) is 0.675. The number of hydrogen-bond acceptors (Lipinski definition) is 4. The number of hydrogen-bond donors (Lipinski definition) is 3. The van der Waals surface area contributed by atoms with Gasteiger partial charge in [-0.3, -0.25) is 4.79 Å². The molecule has 9 heteroatoms. The van der Waals surface area contributed by atoms with Crippen LogP contribution in [0.15, 0.2) is 30.5 Å². The van der Waals surface area contributed by atoms with Crippen LogP contribution in [0.2, 0.25) is 0 Å². The van der Waals surface area contributed by atoms with Crippen molar-refractivity contribution in [3.63, 3.8) is 0 Å². The van der Waals surface area contributed by atoms with Crippen molar-refractivity contribution < 1.29 is 23.1 Å². The molecule has 1 aliphatic rings. The van der Waals surface area contributed by atoms with Crippen LogP contribution in [-0.4, -0.2) is 60.1 Å². The minimum Gasteiger partial charge on any atom is -0.480 e. The molecule has 2 heterocycles. The zero-order chi connectivity index (χ0) is 19.6. The van der Waals surface area contributed by atoms with E-state index < -0.39 is 22.0 Å². The number of carbonyl (C=O) groups is 2. The minimum atomic E-state index is -3.26. The zero-order valence-corrected chi connectivity index (χ0v) is 15.8. The van der Waals surface area contributed by atoms with E-state index >= 15 is 0 Å². The third-order valence-corrected chi connectivity index (χ3v) is 6.31. The van der Waals surface area contributed by atoms with E-state index in [9.17, 15) is 23.1 Å². The first-order chi connectivity index (χ1) is 12.8. The maximum Gasteiger partial charge on any atom is 0.326 e. The first kappa shape index (κ1) is 19.4. The Morgan fingerprint density at radius 2 is 1.96 bits per heavy atom. The molecule has 146 valence electrons. The van der Waals surface area contributed by atoms with Gasteiger partial charge in [-0.1, -0.05) is 18.2 Å². The van der Waals surface area contributed by atoms with E-state index in [1.54, 1.807) is 6.20 Å². The van der Waals surface area contributed by atoms with Crippen LogP contribution < -0.4 is 5.32 Å². The van der Waals surface area contributed by atoms with Gasteiger partial charge in [-0.25, -0.2) is 17.5 Å². The number of nitrogens with zero attached hydrogens (tertiary/aromatic N) is 1. The van der Waals surface area contributed by atoms with E-state index in [0.717, 1.165) is 22.7 Å². The fourth-order valence-electron chi connectivity index (χ4n) is 3.46. The van der Waals surface area contributed by atoms with Crippen molar-refractivity contribution in [2.75, 3.05) is 19.3 Å². The van der Waals surface area contributed by atoms with Crippen molar-refractivity contribution >= 4 is 32.8 Å². The maximum atomic E-state index is 12.5. The van der Waals surface area contributed by atoms with Crippen molar-refractivity contribution in [2.45, 2.75) is 25.3 Å². The van der Waals surface area contributed by atoms with Gasteiger partial charge in [0.1, 0.15) is 6.04 Å². The molecule has 0 aliphatic carbocycles. The summed E-state index contributed by atoms with van der Waals surface area (Å²) in [4.78, 5) is 27.3. The largest absolute Gasteiger partial charge is 0.480 e. The second kappa shape index (κ2) is 7.69. The number of aliphatic carboxylic acids is 1. The normalized spacial score (nSPS) is 17.7. The topological polar surface area (TPSA) is 120 Å². The number of rotatable bonds is 6. The van der Waals surface area contributed by atoms with Gasteiger partial charge in [0.25, 0.3) is 0 Å². The van der Waals surface area contributed by atoms with E-state index in [1.807, 2.05) is 24.3 Å².